The molecule has 0 bridgehead atoms. The minimum atomic E-state index is 0. The van der Waals surface area contributed by atoms with E-state index in [9.17, 15) is 0 Å². The SMILES string of the molecule is Cl.N#CCNCc1ccc(-c2cc(Cl)cc(Cl)c2)o1. The van der Waals surface area contributed by atoms with Crippen LogP contribution in [0.25, 0.3) is 11.3 Å². The Labute approximate surface area is 127 Å². The lowest BCUT2D eigenvalue weighted by Gasteiger charge is -2.00. The molecule has 1 heterocycles. The Morgan fingerprint density at radius 1 is 1.16 bits per heavy atom. The Morgan fingerprint density at radius 3 is 2.47 bits per heavy atom. The molecule has 1 N–H and O–H groups in total. The molecule has 0 saturated heterocycles. The molecule has 2 aromatic rings. The van der Waals surface area contributed by atoms with Gasteiger partial charge in [-0.3, -0.25) is 5.32 Å². The minimum Gasteiger partial charge on any atom is -0.460 e. The van der Waals surface area contributed by atoms with Crippen LogP contribution in [0.5, 0.6) is 0 Å². The number of hydrogen-bond donors (Lipinski definition) is 1. The quantitative estimate of drug-likeness (QED) is 0.676. The van der Waals surface area contributed by atoms with E-state index in [1.807, 2.05) is 18.2 Å². The van der Waals surface area contributed by atoms with Crippen LogP contribution in [0.15, 0.2) is 34.7 Å². The van der Waals surface area contributed by atoms with E-state index < -0.39 is 0 Å². The Kier molecular flexibility index (Phi) is 6.20. The number of nitrogens with one attached hydrogen (secondary N) is 1. The first-order valence-corrected chi connectivity index (χ1v) is 6.07. The van der Waals surface area contributed by atoms with Gasteiger partial charge in [-0.25, -0.2) is 0 Å². The highest BCUT2D eigenvalue weighted by molar-refractivity contribution is 6.35. The van der Waals surface area contributed by atoms with Crippen molar-refractivity contribution in [3.05, 3.63) is 46.1 Å². The van der Waals surface area contributed by atoms with Gasteiger partial charge in [0, 0.05) is 15.6 Å². The third kappa shape index (κ3) is 4.45. The molecule has 0 fully saturated rings. The Morgan fingerprint density at radius 2 is 1.84 bits per heavy atom. The van der Waals surface area contributed by atoms with E-state index in [0.717, 1.165) is 11.3 Å². The van der Waals surface area contributed by atoms with Gasteiger partial charge in [0.15, 0.2) is 0 Å². The molecule has 19 heavy (non-hydrogen) atoms. The molecule has 0 aliphatic carbocycles. The molecular formula is C13H11Cl3N2O. The molecule has 0 aliphatic rings. The van der Waals surface area contributed by atoms with Crippen molar-refractivity contribution in [2.45, 2.75) is 6.54 Å². The first-order chi connectivity index (χ1) is 8.69. The fourth-order valence-corrected chi connectivity index (χ4v) is 2.09. The van der Waals surface area contributed by atoms with Crippen LogP contribution in [0, 0.1) is 11.3 Å². The maximum Gasteiger partial charge on any atom is 0.134 e. The van der Waals surface area contributed by atoms with Crippen LogP contribution in [0.3, 0.4) is 0 Å². The van der Waals surface area contributed by atoms with E-state index in [1.165, 1.54) is 0 Å². The summed E-state index contributed by atoms with van der Waals surface area (Å²) in [5.74, 6) is 1.46. The maximum absolute atomic E-state index is 8.42. The minimum absolute atomic E-state index is 0. The first-order valence-electron chi connectivity index (χ1n) is 5.32. The Balaban J connectivity index is 0.00000180. The lowest BCUT2D eigenvalue weighted by molar-refractivity contribution is 0.502. The van der Waals surface area contributed by atoms with Crippen LogP contribution in [-0.2, 0) is 6.54 Å². The molecule has 0 saturated carbocycles. The molecule has 0 amide bonds. The highest BCUT2D eigenvalue weighted by Gasteiger charge is 2.06. The van der Waals surface area contributed by atoms with Crippen molar-refractivity contribution in [1.82, 2.24) is 5.32 Å². The lowest BCUT2D eigenvalue weighted by Crippen LogP contribution is -2.12. The zero-order chi connectivity index (χ0) is 13.0. The number of nitriles is 1. The third-order valence-electron chi connectivity index (χ3n) is 2.31. The number of rotatable bonds is 4. The van der Waals surface area contributed by atoms with E-state index in [2.05, 4.69) is 5.32 Å². The highest BCUT2D eigenvalue weighted by Crippen LogP contribution is 2.28. The second-order valence-electron chi connectivity index (χ2n) is 3.69. The number of nitrogens with zero attached hydrogens (tertiary/aromatic N) is 1. The molecule has 0 spiro atoms. The molecule has 100 valence electrons. The van der Waals surface area contributed by atoms with Crippen LogP contribution in [-0.4, -0.2) is 6.54 Å². The Hall–Kier alpha value is -1.18. The van der Waals surface area contributed by atoms with E-state index in [4.69, 9.17) is 32.9 Å². The standard InChI is InChI=1S/C13H10Cl2N2O.ClH/c14-10-5-9(6-11(15)7-10)13-2-1-12(18-13)8-17-4-3-16;/h1-2,5-7,17H,4,8H2;1H. The van der Waals surface area contributed by atoms with Crippen molar-refractivity contribution >= 4 is 35.6 Å². The third-order valence-corrected chi connectivity index (χ3v) is 2.75. The van der Waals surface area contributed by atoms with Crippen molar-refractivity contribution < 1.29 is 4.42 Å². The molecular weight excluding hydrogens is 307 g/mol. The summed E-state index contributed by atoms with van der Waals surface area (Å²) in [4.78, 5) is 0. The van der Waals surface area contributed by atoms with Crippen molar-refractivity contribution in [2.24, 2.45) is 0 Å². The Bertz CT molecular complexity index is 570. The van der Waals surface area contributed by atoms with Crippen molar-refractivity contribution in [3.63, 3.8) is 0 Å². The number of halogens is 3. The topological polar surface area (TPSA) is 49.0 Å². The van der Waals surface area contributed by atoms with Gasteiger partial charge in [0.2, 0.25) is 0 Å². The number of furan rings is 1. The average molecular weight is 318 g/mol. The smallest absolute Gasteiger partial charge is 0.134 e. The van der Waals surface area contributed by atoms with Gasteiger partial charge in [-0.15, -0.1) is 12.4 Å². The van der Waals surface area contributed by atoms with Crippen LogP contribution in [0.2, 0.25) is 10.0 Å². The zero-order valence-corrected chi connectivity index (χ0v) is 12.1. The summed E-state index contributed by atoms with van der Waals surface area (Å²) in [6.07, 6.45) is 0. The molecule has 2 rings (SSSR count). The fraction of sp³-hybridized carbons (Fsp3) is 0.154. The molecule has 0 aliphatic heterocycles. The van der Waals surface area contributed by atoms with Crippen LogP contribution in [0.4, 0.5) is 0 Å². The fourth-order valence-electron chi connectivity index (χ4n) is 1.57. The first kappa shape index (κ1) is 15.9. The van der Waals surface area contributed by atoms with E-state index in [0.29, 0.717) is 28.9 Å². The van der Waals surface area contributed by atoms with Gasteiger partial charge in [-0.05, 0) is 30.3 Å². The molecule has 0 atom stereocenters. The summed E-state index contributed by atoms with van der Waals surface area (Å²) in [5, 5.41) is 12.5. The largest absolute Gasteiger partial charge is 0.460 e. The van der Waals surface area contributed by atoms with Gasteiger partial charge in [-0.1, -0.05) is 23.2 Å². The summed E-state index contributed by atoms with van der Waals surface area (Å²) in [7, 11) is 0. The summed E-state index contributed by atoms with van der Waals surface area (Å²) in [6, 6.07) is 11.0. The lowest BCUT2D eigenvalue weighted by atomic mass is 10.2. The van der Waals surface area contributed by atoms with Gasteiger partial charge in [0.25, 0.3) is 0 Å². The molecule has 3 nitrogen and oxygen atoms in total. The second-order valence-corrected chi connectivity index (χ2v) is 4.56. The molecule has 6 heteroatoms. The van der Waals surface area contributed by atoms with Gasteiger partial charge in [-0.2, -0.15) is 5.26 Å². The summed E-state index contributed by atoms with van der Waals surface area (Å²) in [5.41, 5.74) is 0.832. The number of hydrogen-bond acceptors (Lipinski definition) is 3. The molecule has 0 unspecified atom stereocenters. The second kappa shape index (κ2) is 7.42. The zero-order valence-electron chi connectivity index (χ0n) is 9.82. The number of benzene rings is 1. The summed E-state index contributed by atoms with van der Waals surface area (Å²) in [6.45, 7) is 0.806. The summed E-state index contributed by atoms with van der Waals surface area (Å²) >= 11 is 11.9. The molecule has 1 aromatic carbocycles. The predicted octanol–water partition coefficient (Wildman–Crippen LogP) is 4.29. The highest BCUT2D eigenvalue weighted by atomic mass is 35.5. The predicted molar refractivity (Wildman–Crippen MR) is 78.7 cm³/mol. The van der Waals surface area contributed by atoms with Gasteiger partial charge in [0.1, 0.15) is 11.5 Å². The van der Waals surface area contributed by atoms with Gasteiger partial charge < -0.3 is 4.42 Å². The van der Waals surface area contributed by atoms with E-state index >= 15 is 0 Å². The maximum atomic E-state index is 8.42. The van der Waals surface area contributed by atoms with Crippen molar-refractivity contribution in [3.8, 4) is 17.4 Å². The van der Waals surface area contributed by atoms with Crippen molar-refractivity contribution in [1.29, 1.82) is 5.26 Å². The summed E-state index contributed by atoms with van der Waals surface area (Å²) < 4.78 is 5.64. The van der Waals surface area contributed by atoms with Gasteiger partial charge >= 0.3 is 0 Å². The average Bonchev–Trinajstić information content (AvgIpc) is 2.77. The van der Waals surface area contributed by atoms with Crippen molar-refractivity contribution in [2.75, 3.05) is 6.54 Å². The van der Waals surface area contributed by atoms with Crippen LogP contribution < -0.4 is 5.32 Å². The normalized spacial score (nSPS) is 9.74. The van der Waals surface area contributed by atoms with Crippen LogP contribution in [0.1, 0.15) is 5.76 Å². The molecule has 1 aromatic heterocycles. The van der Waals surface area contributed by atoms with Crippen LogP contribution >= 0.6 is 35.6 Å². The van der Waals surface area contributed by atoms with Gasteiger partial charge in [0.05, 0.1) is 19.2 Å². The monoisotopic (exact) mass is 316 g/mol. The van der Waals surface area contributed by atoms with E-state index in [1.54, 1.807) is 18.2 Å². The van der Waals surface area contributed by atoms with E-state index in [-0.39, 0.29) is 12.4 Å². The molecule has 0 radical (unpaired) electrons.